The fourth-order valence-corrected chi connectivity index (χ4v) is 2.86. The van der Waals surface area contributed by atoms with E-state index < -0.39 is 11.7 Å². The second-order valence-corrected chi connectivity index (χ2v) is 7.51. The van der Waals surface area contributed by atoms with Crippen molar-refractivity contribution < 1.29 is 18.0 Å². The molecule has 0 saturated carbocycles. The van der Waals surface area contributed by atoms with Gasteiger partial charge in [0.25, 0.3) is 5.91 Å². The summed E-state index contributed by atoms with van der Waals surface area (Å²) in [4.78, 5) is 18.7. The number of halogens is 4. The molecular formula is C23H31F3IN5O. The van der Waals surface area contributed by atoms with E-state index in [2.05, 4.69) is 20.9 Å². The van der Waals surface area contributed by atoms with Gasteiger partial charge in [0.15, 0.2) is 5.96 Å². The topological polar surface area (TPSA) is 68.8 Å². The van der Waals surface area contributed by atoms with Crippen molar-refractivity contribution in [3.8, 4) is 0 Å². The number of hydrogen-bond acceptors (Lipinski definition) is 3. The molecule has 0 aliphatic rings. The van der Waals surface area contributed by atoms with Crippen molar-refractivity contribution in [1.29, 1.82) is 0 Å². The van der Waals surface area contributed by atoms with Gasteiger partial charge in [-0.15, -0.1) is 24.0 Å². The summed E-state index contributed by atoms with van der Waals surface area (Å²) in [6.07, 6.45) is -4.38. The number of benzene rings is 2. The lowest BCUT2D eigenvalue weighted by molar-refractivity contribution is -0.137. The first-order chi connectivity index (χ1) is 15.2. The van der Waals surface area contributed by atoms with Gasteiger partial charge in [-0.2, -0.15) is 13.2 Å². The van der Waals surface area contributed by atoms with Crippen LogP contribution in [0.4, 0.5) is 13.2 Å². The Morgan fingerprint density at radius 2 is 1.70 bits per heavy atom. The molecule has 0 aromatic heterocycles. The van der Waals surface area contributed by atoms with Gasteiger partial charge in [-0.1, -0.05) is 24.3 Å². The number of nitrogens with zero attached hydrogens (tertiary/aromatic N) is 2. The molecule has 0 atom stereocenters. The van der Waals surface area contributed by atoms with Gasteiger partial charge in [-0.3, -0.25) is 4.79 Å². The summed E-state index contributed by atoms with van der Waals surface area (Å²) >= 11 is 0. The van der Waals surface area contributed by atoms with E-state index in [0.717, 1.165) is 24.2 Å². The lowest BCUT2D eigenvalue weighted by Gasteiger charge is -2.13. The number of alkyl halides is 3. The fraction of sp³-hybridized carbons (Fsp3) is 0.391. The average molecular weight is 577 g/mol. The molecule has 0 spiro atoms. The smallest absolute Gasteiger partial charge is 0.357 e. The Morgan fingerprint density at radius 3 is 2.36 bits per heavy atom. The molecule has 0 unspecified atom stereocenters. The highest BCUT2D eigenvalue weighted by Crippen LogP contribution is 2.29. The SMILES string of the molecule is CCNC(=NCc1cccc(C(F)(F)F)c1)NCc1cccc(C(=O)NCCN(C)C)c1.I. The number of carbonyl (C=O) groups is 1. The second-order valence-electron chi connectivity index (χ2n) is 7.51. The summed E-state index contributed by atoms with van der Waals surface area (Å²) in [5, 5.41) is 9.11. The highest BCUT2D eigenvalue weighted by Gasteiger charge is 2.30. The number of aliphatic imine (C=N–C) groups is 1. The number of amides is 1. The zero-order valence-electron chi connectivity index (χ0n) is 19.0. The molecule has 182 valence electrons. The van der Waals surface area contributed by atoms with Crippen LogP contribution < -0.4 is 16.0 Å². The molecule has 0 fully saturated rings. The van der Waals surface area contributed by atoms with Crippen LogP contribution >= 0.6 is 24.0 Å². The average Bonchev–Trinajstić information content (AvgIpc) is 2.75. The molecule has 2 rings (SSSR count). The maximum absolute atomic E-state index is 12.9. The maximum atomic E-state index is 12.9. The van der Waals surface area contributed by atoms with E-state index >= 15 is 0 Å². The Morgan fingerprint density at radius 1 is 1.00 bits per heavy atom. The highest BCUT2D eigenvalue weighted by molar-refractivity contribution is 14.0. The lowest BCUT2D eigenvalue weighted by atomic mass is 10.1. The van der Waals surface area contributed by atoms with Crippen LogP contribution in [0.15, 0.2) is 53.5 Å². The fourth-order valence-electron chi connectivity index (χ4n) is 2.86. The summed E-state index contributed by atoms with van der Waals surface area (Å²) in [7, 11) is 3.88. The highest BCUT2D eigenvalue weighted by atomic mass is 127. The van der Waals surface area contributed by atoms with Crippen molar-refractivity contribution >= 4 is 35.8 Å². The molecule has 2 aromatic rings. The molecule has 3 N–H and O–H groups in total. The summed E-state index contributed by atoms with van der Waals surface area (Å²) < 4.78 is 38.7. The van der Waals surface area contributed by atoms with Crippen molar-refractivity contribution in [3.63, 3.8) is 0 Å². The number of hydrogen-bond donors (Lipinski definition) is 3. The standard InChI is InChI=1S/C23H30F3N5O.HI/c1-4-27-22(30-16-18-8-6-10-20(14-18)23(24,25)26)29-15-17-7-5-9-19(13-17)21(32)28-11-12-31(2)3;/h5-10,13-14H,4,11-12,15-16H2,1-3H3,(H,28,32)(H2,27,29,30);1H. The van der Waals surface area contributed by atoms with Crippen LogP contribution in [0, 0.1) is 0 Å². The van der Waals surface area contributed by atoms with Crippen LogP contribution in [-0.4, -0.2) is 50.5 Å². The number of carbonyl (C=O) groups excluding carboxylic acids is 1. The van der Waals surface area contributed by atoms with Crippen LogP contribution in [0.25, 0.3) is 0 Å². The molecule has 2 aromatic carbocycles. The number of guanidine groups is 1. The van der Waals surface area contributed by atoms with Crippen LogP contribution in [0.3, 0.4) is 0 Å². The minimum atomic E-state index is -4.38. The second kappa shape index (κ2) is 14.0. The van der Waals surface area contributed by atoms with Gasteiger partial charge in [0, 0.05) is 31.7 Å². The van der Waals surface area contributed by atoms with Crippen molar-refractivity contribution in [2.45, 2.75) is 26.2 Å². The molecule has 6 nitrogen and oxygen atoms in total. The molecule has 0 aliphatic heterocycles. The third-order valence-corrected chi connectivity index (χ3v) is 4.51. The zero-order chi connectivity index (χ0) is 23.6. The zero-order valence-corrected chi connectivity index (χ0v) is 21.3. The van der Waals surface area contributed by atoms with Crippen LogP contribution in [0.2, 0.25) is 0 Å². The molecular weight excluding hydrogens is 546 g/mol. The summed E-state index contributed by atoms with van der Waals surface area (Å²) in [6, 6.07) is 12.4. The maximum Gasteiger partial charge on any atom is 0.416 e. The molecule has 10 heteroatoms. The summed E-state index contributed by atoms with van der Waals surface area (Å²) in [5.41, 5.74) is 1.22. The van der Waals surface area contributed by atoms with E-state index in [1.165, 1.54) is 6.07 Å². The van der Waals surface area contributed by atoms with Gasteiger partial charge >= 0.3 is 6.18 Å². The first-order valence-corrected chi connectivity index (χ1v) is 10.4. The Kier molecular flexibility index (Phi) is 12.2. The van der Waals surface area contributed by atoms with Gasteiger partial charge in [0.05, 0.1) is 12.1 Å². The monoisotopic (exact) mass is 577 g/mol. The van der Waals surface area contributed by atoms with E-state index in [0.29, 0.717) is 36.7 Å². The molecule has 0 heterocycles. The minimum absolute atomic E-state index is 0. The first-order valence-electron chi connectivity index (χ1n) is 10.4. The molecule has 1 amide bonds. The third-order valence-electron chi connectivity index (χ3n) is 4.51. The van der Waals surface area contributed by atoms with Gasteiger partial charge in [0.2, 0.25) is 0 Å². The van der Waals surface area contributed by atoms with E-state index in [9.17, 15) is 18.0 Å². The predicted octanol–water partition coefficient (Wildman–Crippen LogP) is 3.87. The van der Waals surface area contributed by atoms with Crippen molar-refractivity contribution in [3.05, 3.63) is 70.8 Å². The van der Waals surface area contributed by atoms with Gasteiger partial charge in [-0.05, 0) is 56.4 Å². The molecule has 33 heavy (non-hydrogen) atoms. The quantitative estimate of drug-likeness (QED) is 0.241. The molecule has 0 bridgehead atoms. The number of rotatable bonds is 9. The van der Waals surface area contributed by atoms with E-state index in [1.807, 2.05) is 38.1 Å². The summed E-state index contributed by atoms with van der Waals surface area (Å²) in [5.74, 6) is 0.338. The Balaban J connectivity index is 0.00000544. The van der Waals surface area contributed by atoms with E-state index in [1.54, 1.807) is 18.2 Å². The predicted molar refractivity (Wildman–Crippen MR) is 136 cm³/mol. The van der Waals surface area contributed by atoms with Crippen molar-refractivity contribution in [1.82, 2.24) is 20.9 Å². The van der Waals surface area contributed by atoms with Crippen molar-refractivity contribution in [2.75, 3.05) is 33.7 Å². The van der Waals surface area contributed by atoms with Gasteiger partial charge < -0.3 is 20.9 Å². The lowest BCUT2D eigenvalue weighted by Crippen LogP contribution is -2.36. The third kappa shape index (κ3) is 10.4. The van der Waals surface area contributed by atoms with Gasteiger partial charge in [0.1, 0.15) is 0 Å². The Labute approximate surface area is 210 Å². The number of nitrogens with one attached hydrogen (secondary N) is 3. The van der Waals surface area contributed by atoms with E-state index in [-0.39, 0.29) is 36.4 Å². The summed E-state index contributed by atoms with van der Waals surface area (Å²) in [6.45, 7) is 4.33. The minimum Gasteiger partial charge on any atom is -0.357 e. The van der Waals surface area contributed by atoms with Crippen LogP contribution in [0.5, 0.6) is 0 Å². The van der Waals surface area contributed by atoms with Crippen LogP contribution in [0.1, 0.15) is 34.0 Å². The Bertz CT molecular complexity index is 919. The molecule has 0 radical (unpaired) electrons. The molecule has 0 aliphatic carbocycles. The Hall–Kier alpha value is -2.34. The number of likely N-dealkylation sites (N-methyl/N-ethyl adjacent to an activating group) is 1. The normalized spacial score (nSPS) is 11.7. The van der Waals surface area contributed by atoms with Gasteiger partial charge in [-0.25, -0.2) is 4.99 Å². The molecule has 0 saturated heterocycles. The first kappa shape index (κ1) is 28.7. The van der Waals surface area contributed by atoms with E-state index in [4.69, 9.17) is 0 Å². The largest absolute Gasteiger partial charge is 0.416 e. The van der Waals surface area contributed by atoms with Crippen molar-refractivity contribution in [2.24, 2.45) is 4.99 Å². The van der Waals surface area contributed by atoms with Crippen LogP contribution in [-0.2, 0) is 19.3 Å².